The highest BCUT2D eigenvalue weighted by atomic mass is 19.4. The van der Waals surface area contributed by atoms with Crippen LogP contribution in [-0.2, 0) is 4.74 Å². The van der Waals surface area contributed by atoms with Crippen LogP contribution in [0.25, 0.3) is 0 Å². The number of hydrogen-bond donors (Lipinski definition) is 0. The summed E-state index contributed by atoms with van der Waals surface area (Å²) in [5.74, 6) is -14.1. The summed E-state index contributed by atoms with van der Waals surface area (Å²) in [6, 6.07) is -2.81. The Morgan fingerprint density at radius 2 is 1.40 bits per heavy atom. The summed E-state index contributed by atoms with van der Waals surface area (Å²) in [6.45, 7) is 0. The third kappa shape index (κ3) is 1.55. The molecule has 0 amide bonds. The summed E-state index contributed by atoms with van der Waals surface area (Å²) in [4.78, 5) is 0. The van der Waals surface area contributed by atoms with E-state index in [1.165, 1.54) is 0 Å². The fraction of sp³-hybridized carbons (Fsp3) is 0.333. The SMILES string of the molecule is FC1=C(F)C(F)=C(F)C(F)(C(F)(F)F)O1. The first-order valence-electron chi connectivity index (χ1n) is 3.17. The Morgan fingerprint density at radius 3 is 1.80 bits per heavy atom. The van der Waals surface area contributed by atoms with E-state index < -0.39 is 35.5 Å². The van der Waals surface area contributed by atoms with Crippen LogP contribution in [0.15, 0.2) is 23.5 Å². The lowest BCUT2D eigenvalue weighted by atomic mass is 10.2. The lowest BCUT2D eigenvalue weighted by Gasteiger charge is -2.28. The van der Waals surface area contributed by atoms with E-state index >= 15 is 0 Å². The third-order valence-electron chi connectivity index (χ3n) is 1.44. The summed E-state index contributed by atoms with van der Waals surface area (Å²) in [7, 11) is 0. The summed E-state index contributed by atoms with van der Waals surface area (Å²) < 4.78 is 99.7. The van der Waals surface area contributed by atoms with Crippen LogP contribution >= 0.6 is 0 Å². The Morgan fingerprint density at radius 1 is 0.933 bits per heavy atom. The lowest BCUT2D eigenvalue weighted by Crippen LogP contribution is -2.45. The van der Waals surface area contributed by atoms with Crippen LogP contribution < -0.4 is 0 Å². The van der Waals surface area contributed by atoms with Crippen molar-refractivity contribution >= 4 is 0 Å². The second-order valence-electron chi connectivity index (χ2n) is 2.41. The zero-order chi connectivity index (χ0) is 12.0. The predicted molar refractivity (Wildman–Crippen MR) is 29.5 cm³/mol. The highest BCUT2D eigenvalue weighted by Gasteiger charge is 2.66. The van der Waals surface area contributed by atoms with Crippen molar-refractivity contribution in [3.05, 3.63) is 23.5 Å². The average Bonchev–Trinajstić information content (AvgIpc) is 2.10. The smallest absolute Gasteiger partial charge is 0.417 e. The van der Waals surface area contributed by atoms with Gasteiger partial charge in [0.25, 0.3) is 0 Å². The molecule has 0 bridgehead atoms. The van der Waals surface area contributed by atoms with E-state index in [-0.39, 0.29) is 0 Å². The first kappa shape index (κ1) is 11.8. The first-order chi connectivity index (χ1) is 6.61. The Hall–Kier alpha value is -1.28. The maximum Gasteiger partial charge on any atom is 0.468 e. The van der Waals surface area contributed by atoms with Crippen molar-refractivity contribution in [3.63, 3.8) is 0 Å². The zero-order valence-electron chi connectivity index (χ0n) is 6.43. The summed E-state index contributed by atoms with van der Waals surface area (Å²) in [5, 5.41) is 0. The van der Waals surface area contributed by atoms with Crippen LogP contribution in [0.2, 0.25) is 0 Å². The molecule has 0 radical (unpaired) electrons. The maximum absolute atomic E-state index is 12.7. The summed E-state index contributed by atoms with van der Waals surface area (Å²) in [5.41, 5.74) is 0. The molecule has 1 aliphatic heterocycles. The standard InChI is InChI=1S/C6F8O/c7-1-2(8)4(10)15-5(11,3(1)9)6(12,13)14. The van der Waals surface area contributed by atoms with Crippen molar-refractivity contribution in [1.82, 2.24) is 0 Å². The first-order valence-corrected chi connectivity index (χ1v) is 3.17. The second kappa shape index (κ2) is 3.11. The zero-order valence-corrected chi connectivity index (χ0v) is 6.43. The van der Waals surface area contributed by atoms with Crippen molar-refractivity contribution < 1.29 is 39.9 Å². The number of alkyl halides is 4. The summed E-state index contributed by atoms with van der Waals surface area (Å²) >= 11 is 0. The fourth-order valence-electron chi connectivity index (χ4n) is 0.719. The maximum atomic E-state index is 12.7. The molecule has 1 nitrogen and oxygen atoms in total. The Bertz CT molecular complexity index is 353. The van der Waals surface area contributed by atoms with Gasteiger partial charge in [0.2, 0.25) is 17.5 Å². The van der Waals surface area contributed by atoms with E-state index in [2.05, 4.69) is 4.74 Å². The molecule has 0 saturated carbocycles. The van der Waals surface area contributed by atoms with Gasteiger partial charge in [-0.2, -0.15) is 26.3 Å². The lowest BCUT2D eigenvalue weighted by molar-refractivity contribution is -0.317. The number of ether oxygens (including phenoxy) is 1. The monoisotopic (exact) mass is 240 g/mol. The van der Waals surface area contributed by atoms with E-state index in [4.69, 9.17) is 0 Å². The van der Waals surface area contributed by atoms with E-state index in [9.17, 15) is 35.1 Å². The number of rotatable bonds is 0. The van der Waals surface area contributed by atoms with E-state index in [1.54, 1.807) is 0 Å². The van der Waals surface area contributed by atoms with Crippen molar-refractivity contribution in [2.24, 2.45) is 0 Å². The Kier molecular flexibility index (Phi) is 2.44. The second-order valence-corrected chi connectivity index (χ2v) is 2.41. The Balaban J connectivity index is 3.33. The molecule has 0 aromatic heterocycles. The van der Waals surface area contributed by atoms with Gasteiger partial charge in [0.15, 0.2) is 0 Å². The van der Waals surface area contributed by atoms with Crippen molar-refractivity contribution in [1.29, 1.82) is 0 Å². The topological polar surface area (TPSA) is 9.23 Å². The van der Waals surface area contributed by atoms with Gasteiger partial charge >= 0.3 is 18.0 Å². The molecule has 1 heterocycles. The third-order valence-corrected chi connectivity index (χ3v) is 1.44. The highest BCUT2D eigenvalue weighted by Crippen LogP contribution is 2.48. The van der Waals surface area contributed by atoms with Crippen LogP contribution in [0.3, 0.4) is 0 Å². The molecule has 1 rings (SSSR count). The van der Waals surface area contributed by atoms with Crippen LogP contribution in [0.5, 0.6) is 0 Å². The molecule has 0 fully saturated rings. The van der Waals surface area contributed by atoms with Gasteiger partial charge in [-0.25, -0.2) is 8.78 Å². The van der Waals surface area contributed by atoms with E-state index in [0.717, 1.165) is 0 Å². The molecule has 0 aliphatic carbocycles. The van der Waals surface area contributed by atoms with Gasteiger partial charge in [0.1, 0.15) is 0 Å². The summed E-state index contributed by atoms with van der Waals surface area (Å²) in [6.07, 6.45) is -6.08. The van der Waals surface area contributed by atoms with Gasteiger partial charge in [0.05, 0.1) is 0 Å². The molecule has 9 heteroatoms. The molecule has 1 atom stereocenters. The van der Waals surface area contributed by atoms with Crippen molar-refractivity contribution in [2.45, 2.75) is 12.0 Å². The molecule has 0 spiro atoms. The van der Waals surface area contributed by atoms with Gasteiger partial charge < -0.3 is 4.74 Å². The van der Waals surface area contributed by atoms with Gasteiger partial charge in [-0.3, -0.25) is 0 Å². The number of hydrogen-bond acceptors (Lipinski definition) is 1. The quantitative estimate of drug-likeness (QED) is 0.589. The molecule has 0 N–H and O–H groups in total. The molecule has 1 aliphatic rings. The number of halogens is 8. The highest BCUT2D eigenvalue weighted by molar-refractivity contribution is 5.31. The van der Waals surface area contributed by atoms with E-state index in [1.807, 2.05) is 0 Å². The molecule has 0 aromatic carbocycles. The van der Waals surface area contributed by atoms with Gasteiger partial charge in [-0.05, 0) is 0 Å². The van der Waals surface area contributed by atoms with Crippen LogP contribution in [0.4, 0.5) is 35.1 Å². The molecule has 86 valence electrons. The normalized spacial score (nSPS) is 28.3. The Labute approximate surface area is 76.6 Å². The largest absolute Gasteiger partial charge is 0.468 e. The minimum Gasteiger partial charge on any atom is -0.417 e. The predicted octanol–water partition coefficient (Wildman–Crippen LogP) is 3.50. The molecular weight excluding hydrogens is 240 g/mol. The molecule has 1 unspecified atom stereocenters. The van der Waals surface area contributed by atoms with E-state index in [0.29, 0.717) is 0 Å². The van der Waals surface area contributed by atoms with Gasteiger partial charge in [0, 0.05) is 0 Å². The van der Waals surface area contributed by atoms with Crippen LogP contribution in [0.1, 0.15) is 0 Å². The van der Waals surface area contributed by atoms with Gasteiger partial charge in [-0.1, -0.05) is 0 Å². The van der Waals surface area contributed by atoms with Crippen LogP contribution in [0, 0.1) is 0 Å². The molecule has 0 saturated heterocycles. The van der Waals surface area contributed by atoms with Crippen molar-refractivity contribution in [2.75, 3.05) is 0 Å². The fourth-order valence-corrected chi connectivity index (χ4v) is 0.719. The average molecular weight is 240 g/mol. The minimum absolute atomic E-state index is 2.66. The molecular formula is C6F8O. The minimum atomic E-state index is -6.08. The number of allylic oxidation sites excluding steroid dienone is 2. The van der Waals surface area contributed by atoms with Crippen molar-refractivity contribution in [3.8, 4) is 0 Å². The molecule has 15 heavy (non-hydrogen) atoms. The molecule has 0 aromatic rings. The van der Waals surface area contributed by atoms with Crippen LogP contribution in [-0.4, -0.2) is 12.0 Å². The van der Waals surface area contributed by atoms with Gasteiger partial charge in [-0.15, -0.1) is 0 Å².